The molecule has 0 heterocycles. The van der Waals surface area contributed by atoms with E-state index in [1.807, 2.05) is 0 Å². The summed E-state index contributed by atoms with van der Waals surface area (Å²) >= 11 is 0. The second kappa shape index (κ2) is 12.1. The van der Waals surface area contributed by atoms with Gasteiger partial charge in [-0.3, -0.25) is 0 Å². The summed E-state index contributed by atoms with van der Waals surface area (Å²) < 4.78 is 88.2. The van der Waals surface area contributed by atoms with Crippen LogP contribution in [0.4, 0.5) is 26.3 Å². The summed E-state index contributed by atoms with van der Waals surface area (Å²) in [4.78, 5) is 0. The first-order valence-electron chi connectivity index (χ1n) is 13.7. The Labute approximate surface area is 215 Å². The minimum absolute atomic E-state index is 0.111. The minimum atomic E-state index is -4.19. The van der Waals surface area contributed by atoms with Crippen LogP contribution in [-0.2, 0) is 6.11 Å². The zero-order chi connectivity index (χ0) is 26.6. The van der Waals surface area contributed by atoms with Crippen molar-refractivity contribution in [1.29, 1.82) is 0 Å². The van der Waals surface area contributed by atoms with E-state index in [4.69, 9.17) is 0 Å². The maximum atomic E-state index is 14.8. The molecule has 204 valence electrons. The van der Waals surface area contributed by atoms with Crippen molar-refractivity contribution in [3.63, 3.8) is 0 Å². The second-order valence-electron chi connectivity index (χ2n) is 10.9. The Hall–Kier alpha value is -2.18. The first-order valence-corrected chi connectivity index (χ1v) is 13.7. The molecule has 0 unspecified atom stereocenters. The molecule has 0 bridgehead atoms. The fourth-order valence-corrected chi connectivity index (χ4v) is 6.37. The van der Waals surface area contributed by atoms with E-state index >= 15 is 0 Å². The fourth-order valence-electron chi connectivity index (χ4n) is 6.37. The number of hydrogen-bond acceptors (Lipinski definition) is 1. The van der Waals surface area contributed by atoms with E-state index in [0.717, 1.165) is 49.7 Å². The molecule has 0 N–H and O–H groups in total. The number of halogens is 6. The van der Waals surface area contributed by atoms with Gasteiger partial charge in [-0.15, -0.1) is 0 Å². The van der Waals surface area contributed by atoms with E-state index in [-0.39, 0.29) is 5.92 Å². The standard InChI is InChI=1S/C30H36F6O/c1-2-3-4-5-19-6-8-20(9-7-19)21-10-12-22(13-11-21)23-14-15-25(26(31)16-23)30(35,36)37-24-17-27(32)29(34)28(33)18-24/h14-22H,2-13H2,1H3. The highest BCUT2D eigenvalue weighted by molar-refractivity contribution is 5.31. The number of rotatable bonds is 9. The van der Waals surface area contributed by atoms with Crippen molar-refractivity contribution in [1.82, 2.24) is 0 Å². The molecule has 0 radical (unpaired) electrons. The summed E-state index contributed by atoms with van der Waals surface area (Å²) in [5.74, 6) is -4.77. The molecule has 1 nitrogen and oxygen atoms in total. The Kier molecular flexibility index (Phi) is 9.12. The van der Waals surface area contributed by atoms with Gasteiger partial charge >= 0.3 is 6.11 Å². The van der Waals surface area contributed by atoms with Crippen molar-refractivity contribution in [2.45, 2.75) is 96.0 Å². The van der Waals surface area contributed by atoms with Gasteiger partial charge in [0, 0.05) is 12.1 Å². The lowest BCUT2D eigenvalue weighted by Gasteiger charge is -2.38. The van der Waals surface area contributed by atoms with Crippen LogP contribution >= 0.6 is 0 Å². The van der Waals surface area contributed by atoms with Gasteiger partial charge in [0.25, 0.3) is 0 Å². The van der Waals surface area contributed by atoms with Crippen LogP contribution < -0.4 is 4.74 Å². The van der Waals surface area contributed by atoms with Crippen LogP contribution in [0.2, 0.25) is 0 Å². The number of benzene rings is 2. The summed E-state index contributed by atoms with van der Waals surface area (Å²) in [7, 11) is 0. The van der Waals surface area contributed by atoms with Crippen molar-refractivity contribution in [2.24, 2.45) is 17.8 Å². The topological polar surface area (TPSA) is 9.23 Å². The van der Waals surface area contributed by atoms with Crippen LogP contribution in [0.3, 0.4) is 0 Å². The third kappa shape index (κ3) is 6.83. The normalized spacial score (nSPS) is 24.7. The third-order valence-corrected chi connectivity index (χ3v) is 8.53. The molecule has 2 aliphatic rings. The molecule has 0 amide bonds. The summed E-state index contributed by atoms with van der Waals surface area (Å²) in [6.07, 6.45) is 10.3. The van der Waals surface area contributed by atoms with Crippen LogP contribution in [0.25, 0.3) is 0 Å². The molecule has 0 aliphatic heterocycles. The highest BCUT2D eigenvalue weighted by Gasteiger charge is 2.39. The van der Waals surface area contributed by atoms with Crippen molar-refractivity contribution < 1.29 is 31.1 Å². The first kappa shape index (κ1) is 27.8. The predicted octanol–water partition coefficient (Wildman–Crippen LogP) is 10.0. The number of ether oxygens (including phenoxy) is 1. The SMILES string of the molecule is CCCCCC1CCC(C2CCC(c3ccc(C(F)(F)Oc4cc(F)c(F)c(F)c4)c(F)c3)CC2)CC1. The van der Waals surface area contributed by atoms with Crippen LogP contribution in [0.5, 0.6) is 5.75 Å². The molecule has 0 atom stereocenters. The number of alkyl halides is 2. The minimum Gasteiger partial charge on any atom is -0.429 e. The molecule has 2 fully saturated rings. The van der Waals surface area contributed by atoms with Crippen molar-refractivity contribution in [3.8, 4) is 5.75 Å². The van der Waals surface area contributed by atoms with E-state index in [9.17, 15) is 26.3 Å². The Morgan fingerprint density at radius 3 is 1.92 bits per heavy atom. The molecule has 2 saturated carbocycles. The zero-order valence-electron chi connectivity index (χ0n) is 21.4. The molecule has 7 heteroatoms. The van der Waals surface area contributed by atoms with E-state index in [2.05, 4.69) is 11.7 Å². The van der Waals surface area contributed by atoms with E-state index in [1.54, 1.807) is 0 Å². The van der Waals surface area contributed by atoms with Crippen LogP contribution in [0.1, 0.15) is 101 Å². The molecular weight excluding hydrogens is 490 g/mol. The van der Waals surface area contributed by atoms with Gasteiger partial charge in [-0.05, 0) is 79.9 Å². The van der Waals surface area contributed by atoms with E-state index in [0.29, 0.717) is 23.6 Å². The average Bonchev–Trinajstić information content (AvgIpc) is 2.87. The quantitative estimate of drug-likeness (QED) is 0.179. The lowest BCUT2D eigenvalue weighted by atomic mass is 9.68. The van der Waals surface area contributed by atoms with Gasteiger partial charge < -0.3 is 4.74 Å². The first-order chi connectivity index (χ1) is 17.7. The molecule has 2 aliphatic carbocycles. The number of unbranched alkanes of at least 4 members (excludes halogenated alkanes) is 2. The van der Waals surface area contributed by atoms with Crippen LogP contribution in [-0.4, -0.2) is 0 Å². The Morgan fingerprint density at radius 1 is 0.757 bits per heavy atom. The van der Waals surface area contributed by atoms with Crippen molar-refractivity contribution in [3.05, 3.63) is 64.7 Å². The highest BCUT2D eigenvalue weighted by atomic mass is 19.3. The molecule has 37 heavy (non-hydrogen) atoms. The third-order valence-electron chi connectivity index (χ3n) is 8.53. The second-order valence-corrected chi connectivity index (χ2v) is 10.9. The molecule has 2 aromatic rings. The molecule has 0 spiro atoms. The van der Waals surface area contributed by atoms with Gasteiger partial charge in [-0.25, -0.2) is 17.6 Å². The predicted molar refractivity (Wildman–Crippen MR) is 132 cm³/mol. The largest absolute Gasteiger partial charge is 0.429 e. The summed E-state index contributed by atoms with van der Waals surface area (Å²) in [5.41, 5.74) is -0.361. The zero-order valence-corrected chi connectivity index (χ0v) is 21.4. The Balaban J connectivity index is 1.32. The average molecular weight is 527 g/mol. The Morgan fingerprint density at radius 2 is 1.35 bits per heavy atom. The van der Waals surface area contributed by atoms with Gasteiger partial charge in [-0.2, -0.15) is 8.78 Å². The number of hydrogen-bond donors (Lipinski definition) is 0. The molecule has 0 saturated heterocycles. The fraction of sp³-hybridized carbons (Fsp3) is 0.600. The van der Waals surface area contributed by atoms with Crippen molar-refractivity contribution >= 4 is 0 Å². The van der Waals surface area contributed by atoms with E-state index in [1.165, 1.54) is 57.4 Å². The lowest BCUT2D eigenvalue weighted by molar-refractivity contribution is -0.187. The van der Waals surface area contributed by atoms with Gasteiger partial charge in [0.15, 0.2) is 17.5 Å². The van der Waals surface area contributed by atoms with Gasteiger partial charge in [0.1, 0.15) is 11.6 Å². The summed E-state index contributed by atoms with van der Waals surface area (Å²) in [5, 5.41) is 0. The van der Waals surface area contributed by atoms with Gasteiger partial charge in [0.2, 0.25) is 0 Å². The molecule has 4 rings (SSSR count). The van der Waals surface area contributed by atoms with Gasteiger partial charge in [0.05, 0.1) is 5.56 Å². The smallest absolute Gasteiger partial charge is 0.429 e. The monoisotopic (exact) mass is 526 g/mol. The Bertz CT molecular complexity index is 1020. The van der Waals surface area contributed by atoms with Crippen molar-refractivity contribution in [2.75, 3.05) is 0 Å². The van der Waals surface area contributed by atoms with E-state index < -0.39 is 40.7 Å². The molecular formula is C30H36F6O. The lowest BCUT2D eigenvalue weighted by Crippen LogP contribution is -2.26. The maximum Gasteiger partial charge on any atom is 0.429 e. The molecule has 2 aromatic carbocycles. The highest BCUT2D eigenvalue weighted by Crippen LogP contribution is 2.45. The maximum absolute atomic E-state index is 14.8. The molecule has 0 aromatic heterocycles. The summed E-state index contributed by atoms with van der Waals surface area (Å²) in [6, 6.07) is 4.16. The van der Waals surface area contributed by atoms with Crippen LogP contribution in [0, 0.1) is 41.0 Å². The van der Waals surface area contributed by atoms with Gasteiger partial charge in [-0.1, -0.05) is 51.5 Å². The van der Waals surface area contributed by atoms with Crippen LogP contribution in [0.15, 0.2) is 30.3 Å². The summed E-state index contributed by atoms with van der Waals surface area (Å²) in [6.45, 7) is 2.24.